The number of rotatable bonds is 4. The lowest BCUT2D eigenvalue weighted by Gasteiger charge is -2.10. The van der Waals surface area contributed by atoms with Crippen LogP contribution in [-0.4, -0.2) is 16.7 Å². The second-order valence-electron chi connectivity index (χ2n) is 6.86. The SMILES string of the molecule is COc1ccc(-c2c(-c3ccc(C(F)(F)F)cc3)nc(-c3ccccc3)n2C)cc1. The third kappa shape index (κ3) is 3.68. The van der Waals surface area contributed by atoms with Gasteiger partial charge in [0.05, 0.1) is 24.1 Å². The largest absolute Gasteiger partial charge is 0.497 e. The molecule has 152 valence electrons. The second kappa shape index (κ2) is 7.71. The lowest BCUT2D eigenvalue weighted by Crippen LogP contribution is -2.04. The molecule has 4 rings (SSSR count). The summed E-state index contributed by atoms with van der Waals surface area (Å²) in [6.07, 6.45) is -4.38. The maximum atomic E-state index is 13.0. The Morgan fingerprint density at radius 3 is 1.93 bits per heavy atom. The van der Waals surface area contributed by atoms with Crippen molar-refractivity contribution >= 4 is 0 Å². The van der Waals surface area contributed by atoms with Gasteiger partial charge in [0.2, 0.25) is 0 Å². The standard InChI is InChI=1S/C24H19F3N2O/c1-29-22(17-10-14-20(30-2)15-11-17)21(28-23(29)18-6-4-3-5-7-18)16-8-12-19(13-9-16)24(25,26)27/h3-15H,1-2H3. The van der Waals surface area contributed by atoms with Gasteiger partial charge < -0.3 is 9.30 Å². The summed E-state index contributed by atoms with van der Waals surface area (Å²) in [5.41, 5.74) is 3.19. The summed E-state index contributed by atoms with van der Waals surface area (Å²) >= 11 is 0. The smallest absolute Gasteiger partial charge is 0.416 e. The normalized spacial score (nSPS) is 11.5. The Labute approximate surface area is 172 Å². The molecule has 6 heteroatoms. The van der Waals surface area contributed by atoms with Crippen molar-refractivity contribution in [1.29, 1.82) is 0 Å². The number of hydrogen-bond donors (Lipinski definition) is 0. The molecule has 0 N–H and O–H groups in total. The van der Waals surface area contributed by atoms with Crippen LogP contribution < -0.4 is 4.74 Å². The zero-order chi connectivity index (χ0) is 21.3. The number of nitrogens with zero attached hydrogens (tertiary/aromatic N) is 2. The molecule has 4 aromatic rings. The van der Waals surface area contributed by atoms with E-state index >= 15 is 0 Å². The molecule has 0 atom stereocenters. The molecule has 3 aromatic carbocycles. The van der Waals surface area contributed by atoms with E-state index in [9.17, 15) is 13.2 Å². The average molecular weight is 408 g/mol. The molecule has 0 unspecified atom stereocenters. The van der Waals surface area contributed by atoms with Gasteiger partial charge in [-0.05, 0) is 36.4 Å². The number of benzene rings is 3. The Hall–Kier alpha value is -3.54. The first kappa shape index (κ1) is 19.8. The molecule has 0 aliphatic rings. The average Bonchev–Trinajstić information content (AvgIpc) is 3.11. The molecule has 0 saturated carbocycles. The van der Waals surface area contributed by atoms with Gasteiger partial charge in [-0.3, -0.25) is 0 Å². The van der Waals surface area contributed by atoms with E-state index in [1.54, 1.807) is 7.11 Å². The van der Waals surface area contributed by atoms with Gasteiger partial charge >= 0.3 is 6.18 Å². The van der Waals surface area contributed by atoms with Crippen LogP contribution in [0.1, 0.15) is 5.56 Å². The molecule has 3 nitrogen and oxygen atoms in total. The highest BCUT2D eigenvalue weighted by Crippen LogP contribution is 2.37. The van der Waals surface area contributed by atoms with Crippen LogP contribution in [0.5, 0.6) is 5.75 Å². The minimum atomic E-state index is -4.38. The van der Waals surface area contributed by atoms with Crippen molar-refractivity contribution in [3.05, 3.63) is 84.4 Å². The highest BCUT2D eigenvalue weighted by Gasteiger charge is 2.30. The van der Waals surface area contributed by atoms with Crippen molar-refractivity contribution in [3.63, 3.8) is 0 Å². The summed E-state index contributed by atoms with van der Waals surface area (Å²) in [5, 5.41) is 0. The highest BCUT2D eigenvalue weighted by atomic mass is 19.4. The van der Waals surface area contributed by atoms with Gasteiger partial charge in [-0.25, -0.2) is 4.98 Å². The maximum Gasteiger partial charge on any atom is 0.416 e. The van der Waals surface area contributed by atoms with E-state index in [0.29, 0.717) is 11.3 Å². The van der Waals surface area contributed by atoms with E-state index in [1.165, 1.54) is 12.1 Å². The Balaban J connectivity index is 1.90. The van der Waals surface area contributed by atoms with E-state index in [0.717, 1.165) is 40.5 Å². The fraction of sp³-hybridized carbons (Fsp3) is 0.125. The topological polar surface area (TPSA) is 27.1 Å². The predicted octanol–water partition coefficient (Wildman–Crippen LogP) is 6.45. The molecule has 0 fully saturated rings. The van der Waals surface area contributed by atoms with Crippen LogP contribution in [0.15, 0.2) is 78.9 Å². The fourth-order valence-corrected chi connectivity index (χ4v) is 3.44. The molecule has 1 heterocycles. The zero-order valence-electron chi connectivity index (χ0n) is 16.4. The number of methoxy groups -OCH3 is 1. The molecule has 0 saturated heterocycles. The summed E-state index contributed by atoms with van der Waals surface area (Å²) in [5.74, 6) is 1.46. The van der Waals surface area contributed by atoms with Gasteiger partial charge in [0.1, 0.15) is 11.6 Å². The summed E-state index contributed by atoms with van der Waals surface area (Å²) in [7, 11) is 3.50. The first-order valence-electron chi connectivity index (χ1n) is 9.32. The van der Waals surface area contributed by atoms with Crippen molar-refractivity contribution in [2.24, 2.45) is 7.05 Å². The van der Waals surface area contributed by atoms with E-state index in [-0.39, 0.29) is 0 Å². The molecular weight excluding hydrogens is 389 g/mol. The van der Waals surface area contributed by atoms with Crippen molar-refractivity contribution in [2.75, 3.05) is 7.11 Å². The first-order valence-corrected chi connectivity index (χ1v) is 9.32. The predicted molar refractivity (Wildman–Crippen MR) is 111 cm³/mol. The van der Waals surface area contributed by atoms with Gasteiger partial charge in [-0.1, -0.05) is 42.5 Å². The van der Waals surface area contributed by atoms with Crippen LogP contribution in [0, 0.1) is 0 Å². The van der Waals surface area contributed by atoms with Crippen molar-refractivity contribution in [1.82, 2.24) is 9.55 Å². The Bertz CT molecular complexity index is 1150. The van der Waals surface area contributed by atoms with Crippen LogP contribution in [-0.2, 0) is 13.2 Å². The van der Waals surface area contributed by atoms with Crippen molar-refractivity contribution < 1.29 is 17.9 Å². The van der Waals surface area contributed by atoms with Gasteiger partial charge in [0.15, 0.2) is 0 Å². The Morgan fingerprint density at radius 2 is 1.37 bits per heavy atom. The van der Waals surface area contributed by atoms with Crippen molar-refractivity contribution in [2.45, 2.75) is 6.18 Å². The molecule has 0 radical (unpaired) electrons. The summed E-state index contributed by atoms with van der Waals surface area (Å²) in [6.45, 7) is 0. The second-order valence-corrected chi connectivity index (χ2v) is 6.86. The number of alkyl halides is 3. The number of aromatic nitrogens is 2. The third-order valence-corrected chi connectivity index (χ3v) is 4.98. The highest BCUT2D eigenvalue weighted by molar-refractivity contribution is 5.82. The monoisotopic (exact) mass is 408 g/mol. The first-order chi connectivity index (χ1) is 14.4. The molecule has 1 aromatic heterocycles. The fourth-order valence-electron chi connectivity index (χ4n) is 3.44. The van der Waals surface area contributed by atoms with Crippen molar-refractivity contribution in [3.8, 4) is 39.7 Å². The zero-order valence-corrected chi connectivity index (χ0v) is 16.4. The number of imidazole rings is 1. The molecule has 0 aliphatic heterocycles. The Kier molecular flexibility index (Phi) is 5.08. The van der Waals surface area contributed by atoms with Gasteiger partial charge in [0, 0.05) is 23.7 Å². The molecule has 0 spiro atoms. The summed E-state index contributed by atoms with van der Waals surface area (Å²) in [6, 6.07) is 22.3. The molecular formula is C24H19F3N2O. The molecule has 0 bridgehead atoms. The quantitative estimate of drug-likeness (QED) is 0.388. The van der Waals surface area contributed by atoms with Crippen LogP contribution in [0.25, 0.3) is 33.9 Å². The molecule has 30 heavy (non-hydrogen) atoms. The maximum absolute atomic E-state index is 13.0. The van der Waals surface area contributed by atoms with E-state index in [1.807, 2.05) is 66.2 Å². The minimum absolute atomic E-state index is 0.617. The Morgan fingerprint density at radius 1 is 0.767 bits per heavy atom. The number of ether oxygens (including phenoxy) is 1. The number of hydrogen-bond acceptors (Lipinski definition) is 2. The minimum Gasteiger partial charge on any atom is -0.497 e. The molecule has 0 amide bonds. The number of halogens is 3. The van der Waals surface area contributed by atoms with Gasteiger partial charge in [-0.15, -0.1) is 0 Å². The van der Waals surface area contributed by atoms with E-state index < -0.39 is 11.7 Å². The van der Waals surface area contributed by atoms with Crippen LogP contribution in [0.2, 0.25) is 0 Å². The van der Waals surface area contributed by atoms with Crippen LogP contribution in [0.3, 0.4) is 0 Å². The summed E-state index contributed by atoms with van der Waals surface area (Å²) < 4.78 is 46.2. The molecule has 0 aliphatic carbocycles. The van der Waals surface area contributed by atoms with Crippen LogP contribution in [0.4, 0.5) is 13.2 Å². The lowest BCUT2D eigenvalue weighted by molar-refractivity contribution is -0.137. The van der Waals surface area contributed by atoms with Gasteiger partial charge in [-0.2, -0.15) is 13.2 Å². The lowest BCUT2D eigenvalue weighted by atomic mass is 10.0. The van der Waals surface area contributed by atoms with Crippen LogP contribution >= 0.6 is 0 Å². The van der Waals surface area contributed by atoms with Gasteiger partial charge in [0.25, 0.3) is 0 Å². The third-order valence-electron chi connectivity index (χ3n) is 4.98. The van der Waals surface area contributed by atoms with E-state index in [2.05, 4.69) is 0 Å². The van der Waals surface area contributed by atoms with E-state index in [4.69, 9.17) is 9.72 Å². The summed E-state index contributed by atoms with van der Waals surface area (Å²) in [4.78, 5) is 4.81.